The first-order chi connectivity index (χ1) is 17.1. The molecule has 2 aromatic rings. The van der Waals surface area contributed by atoms with Crippen LogP contribution in [0.5, 0.6) is 17.2 Å². The van der Waals surface area contributed by atoms with Crippen molar-refractivity contribution in [3.8, 4) is 17.2 Å². The number of esters is 1. The number of phenols is 1. The number of benzene rings is 2. The topological polar surface area (TPSA) is 143 Å². The van der Waals surface area contributed by atoms with Crippen LogP contribution in [0.15, 0.2) is 36.4 Å². The predicted octanol–water partition coefficient (Wildman–Crippen LogP) is 1.84. The molecule has 3 rings (SSSR count). The van der Waals surface area contributed by atoms with E-state index in [1.54, 1.807) is 6.92 Å². The molecule has 0 aromatic heterocycles. The fraction of sp³-hybridized carbons (Fsp3) is 0.480. The Bertz CT molecular complexity index is 1140. The van der Waals surface area contributed by atoms with E-state index in [9.17, 15) is 23.4 Å². The fourth-order valence-corrected chi connectivity index (χ4v) is 4.57. The Labute approximate surface area is 211 Å². The standard InChI is InChI=1S/C25H34N2O8S/c1-3-33-25(30)16-35-21-7-6-18-10-17(4-5-19(18)11-21)13-26-14-20(28)15-34-22-8-9-24(29)23(12-22)27-36(2,31)32/h6-9,11-12,17,20,26-29H,3-5,10,13-16H2,1-2H3/t17?,20-/m0/s1. The van der Waals surface area contributed by atoms with Gasteiger partial charge in [-0.2, -0.15) is 0 Å². The van der Waals surface area contributed by atoms with Crippen molar-refractivity contribution in [1.82, 2.24) is 5.32 Å². The Morgan fingerprint density at radius 3 is 2.64 bits per heavy atom. The van der Waals surface area contributed by atoms with E-state index in [0.29, 0.717) is 30.6 Å². The summed E-state index contributed by atoms with van der Waals surface area (Å²) in [4.78, 5) is 11.5. The van der Waals surface area contributed by atoms with Crippen LogP contribution in [0.2, 0.25) is 0 Å². The van der Waals surface area contributed by atoms with Crippen LogP contribution < -0.4 is 19.5 Å². The molecule has 0 spiro atoms. The van der Waals surface area contributed by atoms with Crippen molar-refractivity contribution in [1.29, 1.82) is 0 Å². The zero-order valence-corrected chi connectivity index (χ0v) is 21.3. The molecule has 0 bridgehead atoms. The summed E-state index contributed by atoms with van der Waals surface area (Å²) in [6.07, 6.45) is 3.05. The zero-order chi connectivity index (χ0) is 26.1. The van der Waals surface area contributed by atoms with Crippen molar-refractivity contribution in [2.75, 3.05) is 43.9 Å². The van der Waals surface area contributed by atoms with Crippen LogP contribution >= 0.6 is 0 Å². The first-order valence-corrected chi connectivity index (χ1v) is 13.7. The van der Waals surface area contributed by atoms with Crippen molar-refractivity contribution in [3.63, 3.8) is 0 Å². The van der Waals surface area contributed by atoms with E-state index in [1.165, 1.54) is 29.3 Å². The second-order valence-corrected chi connectivity index (χ2v) is 10.6. The number of rotatable bonds is 13. The van der Waals surface area contributed by atoms with E-state index in [1.807, 2.05) is 18.2 Å². The van der Waals surface area contributed by atoms with Gasteiger partial charge in [0, 0.05) is 12.6 Å². The number of nitrogens with one attached hydrogen (secondary N) is 2. The lowest BCUT2D eigenvalue weighted by Gasteiger charge is -2.26. The van der Waals surface area contributed by atoms with Gasteiger partial charge < -0.3 is 29.7 Å². The summed E-state index contributed by atoms with van der Waals surface area (Å²) in [7, 11) is -3.55. The average Bonchev–Trinajstić information content (AvgIpc) is 2.82. The van der Waals surface area contributed by atoms with E-state index in [2.05, 4.69) is 10.0 Å². The van der Waals surface area contributed by atoms with Crippen LogP contribution in [0.25, 0.3) is 0 Å². The molecule has 0 amide bonds. The molecule has 0 saturated carbocycles. The number of hydrogen-bond acceptors (Lipinski definition) is 9. The third kappa shape index (κ3) is 8.89. The van der Waals surface area contributed by atoms with E-state index < -0.39 is 16.1 Å². The first-order valence-electron chi connectivity index (χ1n) is 11.9. The van der Waals surface area contributed by atoms with Crippen molar-refractivity contribution in [2.45, 2.75) is 32.3 Å². The Balaban J connectivity index is 1.39. The van der Waals surface area contributed by atoms with Gasteiger partial charge in [0.05, 0.1) is 18.6 Å². The molecule has 0 heterocycles. The van der Waals surface area contributed by atoms with Gasteiger partial charge >= 0.3 is 5.97 Å². The summed E-state index contributed by atoms with van der Waals surface area (Å²) in [5, 5.41) is 23.3. The van der Waals surface area contributed by atoms with Crippen LogP contribution in [0.4, 0.5) is 5.69 Å². The summed E-state index contributed by atoms with van der Waals surface area (Å²) >= 11 is 0. The smallest absolute Gasteiger partial charge is 0.344 e. The molecule has 36 heavy (non-hydrogen) atoms. The SMILES string of the molecule is CCOC(=O)COc1ccc2c(c1)CCC(CNC[C@H](O)COc1ccc(O)c(NS(C)(=O)=O)c1)C2. The van der Waals surface area contributed by atoms with E-state index in [0.717, 1.165) is 32.1 Å². The van der Waals surface area contributed by atoms with Crippen molar-refractivity contribution in [2.24, 2.45) is 5.92 Å². The molecular weight excluding hydrogens is 488 g/mol. The molecule has 10 nitrogen and oxygen atoms in total. The molecule has 2 atom stereocenters. The minimum absolute atomic E-state index is 0.0119. The van der Waals surface area contributed by atoms with E-state index in [4.69, 9.17) is 14.2 Å². The molecule has 0 aliphatic heterocycles. The van der Waals surface area contributed by atoms with Gasteiger partial charge in [-0.25, -0.2) is 13.2 Å². The highest BCUT2D eigenvalue weighted by Gasteiger charge is 2.20. The largest absolute Gasteiger partial charge is 0.506 e. The molecule has 1 aliphatic rings. The maximum absolute atomic E-state index is 11.5. The Hall–Kier alpha value is -3.02. The summed E-state index contributed by atoms with van der Waals surface area (Å²) in [5.74, 6) is 0.815. The number of aliphatic hydroxyl groups is 1. The second kappa shape index (κ2) is 12.8. The minimum atomic E-state index is -3.55. The van der Waals surface area contributed by atoms with Gasteiger partial charge in [-0.15, -0.1) is 0 Å². The highest BCUT2D eigenvalue weighted by molar-refractivity contribution is 7.92. The van der Waals surface area contributed by atoms with Gasteiger partial charge in [0.15, 0.2) is 6.61 Å². The molecule has 198 valence electrons. The van der Waals surface area contributed by atoms with E-state index >= 15 is 0 Å². The van der Waals surface area contributed by atoms with Gasteiger partial charge in [-0.3, -0.25) is 4.72 Å². The second-order valence-electron chi connectivity index (χ2n) is 8.81. The highest BCUT2D eigenvalue weighted by Crippen LogP contribution is 2.29. The quantitative estimate of drug-likeness (QED) is 0.229. The molecule has 1 unspecified atom stereocenters. The lowest BCUT2D eigenvalue weighted by molar-refractivity contribution is -0.145. The number of carbonyl (C=O) groups excluding carboxylic acids is 1. The number of phenolic OH excluding ortho intramolecular Hbond substituents is 1. The Morgan fingerprint density at radius 2 is 1.89 bits per heavy atom. The van der Waals surface area contributed by atoms with Crippen molar-refractivity contribution < 1.29 is 37.6 Å². The third-order valence-corrected chi connectivity index (χ3v) is 6.28. The van der Waals surface area contributed by atoms with Crippen LogP contribution in [0.1, 0.15) is 24.5 Å². The number of carbonyl (C=O) groups is 1. The van der Waals surface area contributed by atoms with Crippen LogP contribution in [-0.2, 0) is 32.4 Å². The van der Waals surface area contributed by atoms with Crippen LogP contribution in [0.3, 0.4) is 0 Å². The summed E-state index contributed by atoms with van der Waals surface area (Å²) in [6.45, 7) is 3.09. The lowest BCUT2D eigenvalue weighted by atomic mass is 9.84. The number of aliphatic hydroxyl groups excluding tert-OH is 1. The molecule has 4 N–H and O–H groups in total. The molecular formula is C25H34N2O8S. The fourth-order valence-electron chi connectivity index (χ4n) is 4.01. The molecule has 2 aromatic carbocycles. The summed E-state index contributed by atoms with van der Waals surface area (Å²) in [5.41, 5.74) is 2.49. The van der Waals surface area contributed by atoms with Crippen molar-refractivity contribution >= 4 is 21.7 Å². The van der Waals surface area contributed by atoms with Gasteiger partial charge in [0.25, 0.3) is 0 Å². The summed E-state index contributed by atoms with van der Waals surface area (Å²) < 4.78 is 41.0. The minimum Gasteiger partial charge on any atom is -0.506 e. The molecule has 0 radical (unpaired) electrons. The third-order valence-electron chi connectivity index (χ3n) is 5.69. The lowest BCUT2D eigenvalue weighted by Crippen LogP contribution is -2.35. The molecule has 1 aliphatic carbocycles. The van der Waals surface area contributed by atoms with Gasteiger partial charge in [0.1, 0.15) is 30.0 Å². The molecule has 0 saturated heterocycles. The number of hydrogen-bond donors (Lipinski definition) is 4. The van der Waals surface area contributed by atoms with E-state index in [-0.39, 0.29) is 30.6 Å². The maximum atomic E-state index is 11.5. The summed E-state index contributed by atoms with van der Waals surface area (Å²) in [6, 6.07) is 10.1. The monoisotopic (exact) mass is 522 g/mol. The average molecular weight is 523 g/mol. The van der Waals surface area contributed by atoms with Gasteiger partial charge in [0.2, 0.25) is 10.0 Å². The first kappa shape index (κ1) is 27.6. The number of aromatic hydroxyl groups is 1. The maximum Gasteiger partial charge on any atom is 0.344 e. The number of ether oxygens (including phenoxy) is 3. The zero-order valence-electron chi connectivity index (χ0n) is 20.5. The Kier molecular flexibility index (Phi) is 9.80. The van der Waals surface area contributed by atoms with Gasteiger partial charge in [-0.1, -0.05) is 6.07 Å². The van der Waals surface area contributed by atoms with Gasteiger partial charge in [-0.05, 0) is 74.0 Å². The normalized spacial score (nSPS) is 16.0. The van der Waals surface area contributed by atoms with Crippen LogP contribution in [-0.4, -0.2) is 69.9 Å². The molecule has 11 heteroatoms. The molecule has 0 fully saturated rings. The van der Waals surface area contributed by atoms with Crippen molar-refractivity contribution in [3.05, 3.63) is 47.5 Å². The Morgan fingerprint density at radius 1 is 1.14 bits per heavy atom. The van der Waals surface area contributed by atoms with Crippen LogP contribution in [0, 0.1) is 5.92 Å². The number of aryl methyl sites for hydroxylation is 1. The number of sulfonamides is 1. The number of fused-ring (bicyclic) bond motifs is 1. The predicted molar refractivity (Wildman–Crippen MR) is 135 cm³/mol. The number of anilines is 1. The highest BCUT2D eigenvalue weighted by atomic mass is 32.2.